The first-order valence-electron chi connectivity index (χ1n) is 6.73. The predicted molar refractivity (Wildman–Crippen MR) is 88.2 cm³/mol. The molecule has 22 heavy (non-hydrogen) atoms. The number of amides is 1. The second-order valence-corrected chi connectivity index (χ2v) is 6.23. The molecule has 114 valence electrons. The molecule has 1 heterocycles. The highest BCUT2D eigenvalue weighted by molar-refractivity contribution is 6.42. The number of nitrogens with one attached hydrogen (secondary N) is 1. The van der Waals surface area contributed by atoms with Crippen LogP contribution in [0.5, 0.6) is 5.75 Å². The van der Waals surface area contributed by atoms with E-state index in [1.165, 1.54) is 0 Å². The second kappa shape index (κ2) is 6.37. The number of carbonyl (C=O) groups excluding carboxylic acids is 1. The van der Waals surface area contributed by atoms with Crippen LogP contribution < -0.4 is 10.1 Å². The number of fused-ring (bicyclic) bond motifs is 1. The molecule has 1 aliphatic heterocycles. The molecule has 0 bridgehead atoms. The zero-order valence-corrected chi connectivity index (χ0v) is 13.7. The van der Waals surface area contributed by atoms with E-state index in [1.807, 2.05) is 12.1 Å². The van der Waals surface area contributed by atoms with Gasteiger partial charge >= 0.3 is 0 Å². The first-order valence-corrected chi connectivity index (χ1v) is 7.86. The summed E-state index contributed by atoms with van der Waals surface area (Å²) in [7, 11) is 0. The molecule has 0 spiro atoms. The van der Waals surface area contributed by atoms with E-state index >= 15 is 0 Å². The average molecular weight is 357 g/mol. The van der Waals surface area contributed by atoms with Gasteiger partial charge in [0.05, 0.1) is 22.7 Å². The SMILES string of the molecule is O=C(NC1CCOc2ccc(Cl)cc21)c1ccc(Cl)c(Cl)c1. The maximum atomic E-state index is 12.4. The summed E-state index contributed by atoms with van der Waals surface area (Å²) in [5.41, 5.74) is 1.34. The van der Waals surface area contributed by atoms with E-state index in [4.69, 9.17) is 39.5 Å². The third kappa shape index (κ3) is 3.17. The van der Waals surface area contributed by atoms with Gasteiger partial charge in [-0.3, -0.25) is 4.79 Å². The highest BCUT2D eigenvalue weighted by Gasteiger charge is 2.24. The van der Waals surface area contributed by atoms with E-state index in [2.05, 4.69) is 5.32 Å². The number of hydrogen-bond acceptors (Lipinski definition) is 2. The molecule has 0 saturated carbocycles. The first-order chi connectivity index (χ1) is 10.5. The molecule has 0 radical (unpaired) electrons. The molecule has 1 amide bonds. The van der Waals surface area contributed by atoms with Crippen LogP contribution in [0.1, 0.15) is 28.4 Å². The quantitative estimate of drug-likeness (QED) is 0.831. The smallest absolute Gasteiger partial charge is 0.251 e. The molecule has 0 saturated heterocycles. The second-order valence-electron chi connectivity index (χ2n) is 4.97. The number of ether oxygens (including phenoxy) is 1. The lowest BCUT2D eigenvalue weighted by atomic mass is 10.00. The van der Waals surface area contributed by atoms with E-state index < -0.39 is 0 Å². The molecule has 0 aliphatic carbocycles. The number of halogens is 3. The summed E-state index contributed by atoms with van der Waals surface area (Å²) in [6.45, 7) is 0.543. The number of carbonyl (C=O) groups is 1. The first kappa shape index (κ1) is 15.5. The zero-order chi connectivity index (χ0) is 15.7. The van der Waals surface area contributed by atoms with Gasteiger partial charge in [0.25, 0.3) is 5.91 Å². The van der Waals surface area contributed by atoms with Crippen molar-refractivity contribution in [2.24, 2.45) is 0 Å². The third-order valence-corrected chi connectivity index (χ3v) is 4.47. The lowest BCUT2D eigenvalue weighted by Gasteiger charge is -2.27. The fraction of sp³-hybridized carbons (Fsp3) is 0.188. The van der Waals surface area contributed by atoms with E-state index in [0.29, 0.717) is 33.7 Å². The van der Waals surface area contributed by atoms with Gasteiger partial charge < -0.3 is 10.1 Å². The van der Waals surface area contributed by atoms with E-state index in [-0.39, 0.29) is 11.9 Å². The largest absolute Gasteiger partial charge is 0.493 e. The Morgan fingerprint density at radius 2 is 1.91 bits per heavy atom. The van der Waals surface area contributed by atoms with E-state index in [0.717, 1.165) is 11.3 Å². The minimum atomic E-state index is -0.212. The maximum absolute atomic E-state index is 12.4. The van der Waals surface area contributed by atoms with Crippen LogP contribution >= 0.6 is 34.8 Å². The van der Waals surface area contributed by atoms with Crippen LogP contribution in [-0.4, -0.2) is 12.5 Å². The van der Waals surface area contributed by atoms with Gasteiger partial charge in [-0.2, -0.15) is 0 Å². The molecule has 6 heteroatoms. The standard InChI is InChI=1S/C16H12Cl3NO2/c17-10-2-4-15-11(8-10)14(5-6-22-15)20-16(21)9-1-3-12(18)13(19)7-9/h1-4,7-8,14H,5-6H2,(H,20,21). The third-order valence-electron chi connectivity index (χ3n) is 3.50. The summed E-state index contributed by atoms with van der Waals surface area (Å²) < 4.78 is 5.58. The fourth-order valence-electron chi connectivity index (χ4n) is 2.39. The number of hydrogen-bond donors (Lipinski definition) is 1. The monoisotopic (exact) mass is 355 g/mol. The number of benzene rings is 2. The molecule has 1 N–H and O–H groups in total. The minimum Gasteiger partial charge on any atom is -0.493 e. The lowest BCUT2D eigenvalue weighted by Crippen LogP contribution is -2.32. The Morgan fingerprint density at radius 1 is 1.09 bits per heavy atom. The van der Waals surface area contributed by atoms with Gasteiger partial charge in [0, 0.05) is 22.6 Å². The summed E-state index contributed by atoms with van der Waals surface area (Å²) in [5.74, 6) is 0.534. The van der Waals surface area contributed by atoms with Crippen LogP contribution in [0.4, 0.5) is 0 Å². The Bertz CT molecular complexity index is 733. The Labute approximate surface area is 143 Å². The fourth-order valence-corrected chi connectivity index (χ4v) is 2.87. The van der Waals surface area contributed by atoms with Gasteiger partial charge in [-0.1, -0.05) is 34.8 Å². The van der Waals surface area contributed by atoms with Crippen molar-refractivity contribution in [1.82, 2.24) is 5.32 Å². The topological polar surface area (TPSA) is 38.3 Å². The van der Waals surface area contributed by atoms with Crippen molar-refractivity contribution in [2.75, 3.05) is 6.61 Å². The Hall–Kier alpha value is -1.42. The minimum absolute atomic E-state index is 0.149. The van der Waals surface area contributed by atoms with Crippen molar-refractivity contribution < 1.29 is 9.53 Å². The number of rotatable bonds is 2. The highest BCUT2D eigenvalue weighted by Crippen LogP contribution is 2.34. The van der Waals surface area contributed by atoms with Crippen LogP contribution in [0.3, 0.4) is 0 Å². The molecule has 1 aliphatic rings. The van der Waals surface area contributed by atoms with Gasteiger partial charge in [-0.25, -0.2) is 0 Å². The van der Waals surface area contributed by atoms with Crippen molar-refractivity contribution in [3.63, 3.8) is 0 Å². The van der Waals surface area contributed by atoms with Gasteiger partial charge in [0.15, 0.2) is 0 Å². The molecule has 1 atom stereocenters. The van der Waals surface area contributed by atoms with Crippen molar-refractivity contribution in [1.29, 1.82) is 0 Å². The van der Waals surface area contributed by atoms with Crippen LogP contribution in [0.2, 0.25) is 15.1 Å². The van der Waals surface area contributed by atoms with Gasteiger partial charge in [0.1, 0.15) is 5.75 Å². The molecule has 2 aromatic carbocycles. The Morgan fingerprint density at radius 3 is 2.68 bits per heavy atom. The van der Waals surface area contributed by atoms with Crippen molar-refractivity contribution in [3.8, 4) is 5.75 Å². The van der Waals surface area contributed by atoms with E-state index in [9.17, 15) is 4.79 Å². The summed E-state index contributed by atoms with van der Waals surface area (Å²) in [6.07, 6.45) is 0.681. The van der Waals surface area contributed by atoms with Gasteiger partial charge in [-0.05, 0) is 36.4 Å². The van der Waals surface area contributed by atoms with Gasteiger partial charge in [0.2, 0.25) is 0 Å². The summed E-state index contributed by atoms with van der Waals surface area (Å²) in [6, 6.07) is 10.0. The summed E-state index contributed by atoms with van der Waals surface area (Å²) >= 11 is 17.9. The molecular weight excluding hydrogens is 345 g/mol. The van der Waals surface area contributed by atoms with Crippen molar-refractivity contribution in [3.05, 3.63) is 62.6 Å². The summed E-state index contributed by atoms with van der Waals surface area (Å²) in [5, 5.41) is 4.36. The van der Waals surface area contributed by atoms with Crippen LogP contribution in [0, 0.1) is 0 Å². The maximum Gasteiger partial charge on any atom is 0.251 e. The predicted octanol–water partition coefficient (Wildman–Crippen LogP) is 4.90. The highest BCUT2D eigenvalue weighted by atomic mass is 35.5. The molecule has 2 aromatic rings. The van der Waals surface area contributed by atoms with Crippen molar-refractivity contribution in [2.45, 2.75) is 12.5 Å². The normalized spacial score (nSPS) is 16.6. The van der Waals surface area contributed by atoms with E-state index in [1.54, 1.807) is 24.3 Å². The van der Waals surface area contributed by atoms with Gasteiger partial charge in [-0.15, -0.1) is 0 Å². The van der Waals surface area contributed by atoms with Crippen LogP contribution in [0.15, 0.2) is 36.4 Å². The molecule has 0 fully saturated rings. The molecule has 3 nitrogen and oxygen atoms in total. The Kier molecular flexibility index (Phi) is 4.48. The van der Waals surface area contributed by atoms with Crippen LogP contribution in [0.25, 0.3) is 0 Å². The molecular formula is C16H12Cl3NO2. The lowest BCUT2D eigenvalue weighted by molar-refractivity contribution is 0.0925. The zero-order valence-electron chi connectivity index (χ0n) is 11.4. The van der Waals surface area contributed by atoms with Crippen molar-refractivity contribution >= 4 is 40.7 Å². The molecule has 3 rings (SSSR count). The average Bonchev–Trinajstić information content (AvgIpc) is 2.50. The summed E-state index contributed by atoms with van der Waals surface area (Å²) in [4.78, 5) is 12.4. The molecule has 0 aromatic heterocycles. The Balaban J connectivity index is 1.83. The van der Waals surface area contributed by atoms with Crippen LogP contribution in [-0.2, 0) is 0 Å². The molecule has 1 unspecified atom stereocenters.